The molecule has 0 atom stereocenters. The average molecular weight is 435 g/mol. The second kappa shape index (κ2) is 9.14. The Morgan fingerprint density at radius 3 is 2.23 bits per heavy atom. The summed E-state index contributed by atoms with van der Waals surface area (Å²) in [6, 6.07) is 19.7. The van der Waals surface area contributed by atoms with Crippen molar-refractivity contribution in [2.24, 2.45) is 0 Å². The molecule has 0 unspecified atom stereocenters. The molecule has 1 heterocycles. The smallest absolute Gasteiger partial charge is 0.341 e. The van der Waals surface area contributed by atoms with Crippen molar-refractivity contribution in [2.45, 2.75) is 30.2 Å². The molecule has 0 saturated heterocycles. The molecule has 1 aromatic heterocycles. The molecule has 3 aromatic carbocycles. The number of para-hydroxylation sites is 2. The topological polar surface area (TPSA) is 84.4 Å². The van der Waals surface area contributed by atoms with Gasteiger partial charge >= 0.3 is 5.97 Å². The number of carboxylic acids is 1. The minimum Gasteiger partial charge on any atom is -0.485 e. The van der Waals surface area contributed by atoms with E-state index in [0.717, 1.165) is 43.5 Å². The summed E-state index contributed by atoms with van der Waals surface area (Å²) >= 11 is 1.63. The molecule has 0 aliphatic rings. The quantitative estimate of drug-likeness (QED) is 0.388. The Kier molecular flexibility index (Phi) is 6.13. The number of aryl methyl sites for hydroxylation is 2. The van der Waals surface area contributed by atoms with Gasteiger partial charge in [0.15, 0.2) is 6.61 Å². The van der Waals surface area contributed by atoms with Crippen LogP contribution >= 0.6 is 11.8 Å². The van der Waals surface area contributed by atoms with Crippen molar-refractivity contribution in [3.63, 3.8) is 0 Å². The largest absolute Gasteiger partial charge is 0.485 e. The van der Waals surface area contributed by atoms with Gasteiger partial charge in [-0.3, -0.25) is 0 Å². The molecule has 0 spiro atoms. The molecule has 6 nitrogen and oxygen atoms in total. The highest BCUT2D eigenvalue weighted by Crippen LogP contribution is 2.33. The number of ether oxygens (including phenoxy) is 2. The molecule has 158 valence electrons. The highest BCUT2D eigenvalue weighted by atomic mass is 32.2. The van der Waals surface area contributed by atoms with Crippen LogP contribution in [0.25, 0.3) is 11.0 Å². The van der Waals surface area contributed by atoms with E-state index in [2.05, 4.69) is 16.0 Å². The zero-order valence-corrected chi connectivity index (χ0v) is 18.0. The van der Waals surface area contributed by atoms with E-state index < -0.39 is 5.97 Å². The van der Waals surface area contributed by atoms with Gasteiger partial charge in [-0.25, -0.2) is 9.78 Å². The molecular formula is C24H22N2O4S. The van der Waals surface area contributed by atoms with Gasteiger partial charge < -0.3 is 19.6 Å². The monoisotopic (exact) mass is 434 g/mol. The SMILES string of the molecule is Cc1cc(Sc2ccc(OCc3nc4ccccc4[nH]3)c(C)c2)ccc1OCC(=O)O. The molecule has 0 amide bonds. The first kappa shape index (κ1) is 20.8. The maximum absolute atomic E-state index is 10.7. The standard InChI is InChI=1S/C24H22N2O4S/c1-15-11-17(31-18-8-10-22(16(2)12-18)30-14-24(27)28)7-9-21(15)29-13-23-25-19-5-3-4-6-20(19)26-23/h3-12H,13-14H2,1-2H3,(H,25,26)(H,27,28). The van der Waals surface area contributed by atoms with Crippen LogP contribution in [0.5, 0.6) is 11.5 Å². The van der Waals surface area contributed by atoms with Crippen LogP contribution in [0.2, 0.25) is 0 Å². The van der Waals surface area contributed by atoms with E-state index in [1.165, 1.54) is 0 Å². The molecule has 0 radical (unpaired) electrons. The third-order valence-corrected chi connectivity index (χ3v) is 5.66. The maximum Gasteiger partial charge on any atom is 0.341 e. The fourth-order valence-corrected chi connectivity index (χ4v) is 4.21. The number of aromatic nitrogens is 2. The summed E-state index contributed by atoms with van der Waals surface area (Å²) in [5.41, 5.74) is 3.87. The van der Waals surface area contributed by atoms with Crippen molar-refractivity contribution >= 4 is 28.8 Å². The predicted octanol–water partition coefficient (Wildman–Crippen LogP) is 5.37. The molecule has 2 N–H and O–H groups in total. The van der Waals surface area contributed by atoms with Crippen molar-refractivity contribution in [1.82, 2.24) is 9.97 Å². The van der Waals surface area contributed by atoms with Crippen LogP contribution in [0, 0.1) is 13.8 Å². The number of hydrogen-bond acceptors (Lipinski definition) is 5. The van der Waals surface area contributed by atoms with E-state index in [0.29, 0.717) is 12.4 Å². The van der Waals surface area contributed by atoms with Crippen molar-refractivity contribution < 1.29 is 19.4 Å². The van der Waals surface area contributed by atoms with Crippen LogP contribution in [0.4, 0.5) is 0 Å². The average Bonchev–Trinajstić information content (AvgIpc) is 3.15. The third-order valence-electron chi connectivity index (χ3n) is 4.68. The van der Waals surface area contributed by atoms with E-state index in [9.17, 15) is 4.79 Å². The number of aromatic amines is 1. The van der Waals surface area contributed by atoms with Gasteiger partial charge in [-0.1, -0.05) is 23.9 Å². The van der Waals surface area contributed by atoms with Crippen molar-refractivity contribution in [2.75, 3.05) is 6.61 Å². The van der Waals surface area contributed by atoms with Crippen molar-refractivity contribution in [3.05, 3.63) is 77.6 Å². The molecular weight excluding hydrogens is 412 g/mol. The first-order valence-electron chi connectivity index (χ1n) is 9.78. The maximum atomic E-state index is 10.7. The lowest BCUT2D eigenvalue weighted by molar-refractivity contribution is -0.139. The van der Waals surface area contributed by atoms with Gasteiger partial charge in [0.25, 0.3) is 0 Å². The van der Waals surface area contributed by atoms with Gasteiger partial charge in [0.1, 0.15) is 23.9 Å². The van der Waals surface area contributed by atoms with E-state index in [1.54, 1.807) is 17.8 Å². The summed E-state index contributed by atoms with van der Waals surface area (Å²) in [4.78, 5) is 20.6. The molecule has 7 heteroatoms. The van der Waals surface area contributed by atoms with Crippen LogP contribution in [-0.4, -0.2) is 27.7 Å². The summed E-state index contributed by atoms with van der Waals surface area (Å²) in [6.07, 6.45) is 0. The van der Waals surface area contributed by atoms with Gasteiger partial charge in [-0.2, -0.15) is 0 Å². The Morgan fingerprint density at radius 2 is 1.61 bits per heavy atom. The number of aliphatic carboxylic acids is 1. The Labute approximate surface area is 184 Å². The number of nitrogens with one attached hydrogen (secondary N) is 1. The number of carbonyl (C=O) groups is 1. The predicted molar refractivity (Wildman–Crippen MR) is 120 cm³/mol. The molecule has 4 aromatic rings. The molecule has 4 rings (SSSR count). The first-order valence-corrected chi connectivity index (χ1v) is 10.6. The third kappa shape index (κ3) is 5.19. The van der Waals surface area contributed by atoms with Gasteiger partial charge in [0.2, 0.25) is 0 Å². The lowest BCUT2D eigenvalue weighted by atomic mass is 10.2. The zero-order valence-electron chi connectivity index (χ0n) is 17.2. The number of hydrogen-bond donors (Lipinski definition) is 2. The van der Waals surface area contributed by atoms with Crippen LogP contribution in [0.3, 0.4) is 0 Å². The number of benzene rings is 3. The van der Waals surface area contributed by atoms with Crippen LogP contribution in [0.1, 0.15) is 17.0 Å². The Bertz CT molecular complexity index is 1200. The summed E-state index contributed by atoms with van der Waals surface area (Å²) in [7, 11) is 0. The molecule has 0 bridgehead atoms. The van der Waals surface area contributed by atoms with Gasteiger partial charge in [-0.05, 0) is 73.5 Å². The zero-order chi connectivity index (χ0) is 21.8. The van der Waals surface area contributed by atoms with E-state index in [4.69, 9.17) is 14.6 Å². The number of H-pyrrole nitrogens is 1. The fourth-order valence-electron chi connectivity index (χ4n) is 3.19. The Balaban J connectivity index is 1.40. The van der Waals surface area contributed by atoms with Crippen molar-refractivity contribution in [3.8, 4) is 11.5 Å². The summed E-state index contributed by atoms with van der Waals surface area (Å²) in [5.74, 6) is 1.20. The normalized spacial score (nSPS) is 10.9. The van der Waals surface area contributed by atoms with Gasteiger partial charge in [0, 0.05) is 9.79 Å². The first-order chi connectivity index (χ1) is 15.0. The van der Waals surface area contributed by atoms with E-state index in [1.807, 2.05) is 62.4 Å². The van der Waals surface area contributed by atoms with Crippen LogP contribution < -0.4 is 9.47 Å². The van der Waals surface area contributed by atoms with Crippen LogP contribution in [0.15, 0.2) is 70.5 Å². The number of imidazole rings is 1. The second-order valence-electron chi connectivity index (χ2n) is 7.13. The number of nitrogens with zero attached hydrogens (tertiary/aromatic N) is 1. The van der Waals surface area contributed by atoms with E-state index >= 15 is 0 Å². The molecule has 0 saturated carbocycles. The van der Waals surface area contributed by atoms with Gasteiger partial charge in [0.05, 0.1) is 11.0 Å². The fraction of sp³-hybridized carbons (Fsp3) is 0.167. The molecule has 0 aliphatic heterocycles. The number of rotatable bonds is 8. The van der Waals surface area contributed by atoms with Crippen molar-refractivity contribution in [1.29, 1.82) is 0 Å². The highest BCUT2D eigenvalue weighted by molar-refractivity contribution is 7.99. The van der Waals surface area contributed by atoms with E-state index in [-0.39, 0.29) is 6.61 Å². The summed E-state index contributed by atoms with van der Waals surface area (Å²) in [5, 5.41) is 8.76. The Morgan fingerprint density at radius 1 is 0.968 bits per heavy atom. The molecule has 0 fully saturated rings. The van der Waals surface area contributed by atoms with Crippen LogP contribution in [-0.2, 0) is 11.4 Å². The summed E-state index contributed by atoms with van der Waals surface area (Å²) < 4.78 is 11.3. The lowest BCUT2D eigenvalue weighted by Crippen LogP contribution is -2.09. The lowest BCUT2D eigenvalue weighted by Gasteiger charge is -2.11. The minimum atomic E-state index is -0.990. The minimum absolute atomic E-state index is 0.345. The number of carboxylic acid groups (broad SMARTS) is 1. The second-order valence-corrected chi connectivity index (χ2v) is 8.28. The number of fused-ring (bicyclic) bond motifs is 1. The molecule has 0 aliphatic carbocycles. The Hall–Kier alpha value is -3.45. The summed E-state index contributed by atoms with van der Waals surface area (Å²) in [6.45, 7) is 3.95. The van der Waals surface area contributed by atoms with Gasteiger partial charge in [-0.15, -0.1) is 0 Å². The highest BCUT2D eigenvalue weighted by Gasteiger charge is 2.08. The molecule has 31 heavy (non-hydrogen) atoms.